The Morgan fingerprint density at radius 3 is 2.04 bits per heavy atom. The molecule has 1 fully saturated rings. The van der Waals surface area contributed by atoms with Gasteiger partial charge in [-0.1, -0.05) is 42.0 Å². The summed E-state index contributed by atoms with van der Waals surface area (Å²) in [5, 5.41) is 2.99. The average molecular weight is 350 g/mol. The Labute approximate surface area is 155 Å². The van der Waals surface area contributed by atoms with Crippen LogP contribution in [-0.2, 0) is 9.59 Å². The second-order valence-corrected chi connectivity index (χ2v) is 7.15. The Morgan fingerprint density at radius 2 is 1.50 bits per heavy atom. The Morgan fingerprint density at radius 1 is 0.962 bits per heavy atom. The van der Waals surface area contributed by atoms with Gasteiger partial charge in [-0.2, -0.15) is 0 Å². The molecule has 3 rings (SSSR count). The summed E-state index contributed by atoms with van der Waals surface area (Å²) >= 11 is 0. The number of anilines is 1. The highest BCUT2D eigenvalue weighted by Gasteiger charge is 2.22. The number of rotatable bonds is 4. The Kier molecular flexibility index (Phi) is 5.71. The fourth-order valence-corrected chi connectivity index (χ4v) is 3.42. The molecular formula is C22H26N2O2. The van der Waals surface area contributed by atoms with Crippen LogP contribution in [0.3, 0.4) is 0 Å². The molecule has 2 aromatic rings. The van der Waals surface area contributed by atoms with Crippen molar-refractivity contribution in [3.63, 3.8) is 0 Å². The van der Waals surface area contributed by atoms with Crippen LogP contribution < -0.4 is 5.32 Å². The van der Waals surface area contributed by atoms with Gasteiger partial charge in [-0.05, 0) is 48.9 Å². The first-order valence-electron chi connectivity index (χ1n) is 9.24. The molecule has 26 heavy (non-hydrogen) atoms. The van der Waals surface area contributed by atoms with Crippen LogP contribution >= 0.6 is 0 Å². The number of piperidine rings is 1. The monoisotopic (exact) mass is 350 g/mol. The van der Waals surface area contributed by atoms with E-state index in [2.05, 4.69) is 36.5 Å². The first kappa shape index (κ1) is 18.2. The van der Waals surface area contributed by atoms with Crippen molar-refractivity contribution in [3.05, 3.63) is 54.1 Å². The number of amides is 2. The number of hydrogen-bond donors (Lipinski definition) is 1. The van der Waals surface area contributed by atoms with E-state index in [0.29, 0.717) is 12.3 Å². The summed E-state index contributed by atoms with van der Waals surface area (Å²) in [5.41, 5.74) is 4.38. The van der Waals surface area contributed by atoms with Crippen molar-refractivity contribution in [2.75, 3.05) is 18.4 Å². The number of nitrogens with zero attached hydrogens (tertiary/aromatic N) is 1. The molecule has 4 nitrogen and oxygen atoms in total. The third-order valence-electron chi connectivity index (χ3n) is 5.09. The van der Waals surface area contributed by atoms with E-state index in [-0.39, 0.29) is 11.8 Å². The lowest BCUT2D eigenvalue weighted by molar-refractivity contribution is -0.130. The van der Waals surface area contributed by atoms with Crippen LogP contribution in [0.1, 0.15) is 31.7 Å². The lowest BCUT2D eigenvalue weighted by Gasteiger charge is -2.30. The summed E-state index contributed by atoms with van der Waals surface area (Å²) in [6.07, 6.45) is 2.32. The van der Waals surface area contributed by atoms with Gasteiger partial charge in [-0.3, -0.25) is 9.59 Å². The zero-order valence-electron chi connectivity index (χ0n) is 15.5. The van der Waals surface area contributed by atoms with Crippen molar-refractivity contribution < 1.29 is 9.59 Å². The van der Waals surface area contributed by atoms with Gasteiger partial charge in [-0.15, -0.1) is 0 Å². The summed E-state index contributed by atoms with van der Waals surface area (Å²) < 4.78 is 0. The van der Waals surface area contributed by atoms with Crippen molar-refractivity contribution in [2.24, 2.45) is 5.92 Å². The number of carbonyl (C=O) groups is 2. The molecule has 2 amide bonds. The van der Waals surface area contributed by atoms with Crippen LogP contribution in [-0.4, -0.2) is 29.8 Å². The molecule has 136 valence electrons. The predicted molar refractivity (Wildman–Crippen MR) is 105 cm³/mol. The van der Waals surface area contributed by atoms with Gasteiger partial charge >= 0.3 is 0 Å². The fourth-order valence-electron chi connectivity index (χ4n) is 3.42. The van der Waals surface area contributed by atoms with E-state index in [4.69, 9.17) is 0 Å². The maximum Gasteiger partial charge on any atom is 0.224 e. The number of benzene rings is 2. The molecule has 1 heterocycles. The van der Waals surface area contributed by atoms with Crippen molar-refractivity contribution in [1.29, 1.82) is 0 Å². The van der Waals surface area contributed by atoms with E-state index in [9.17, 15) is 9.59 Å². The van der Waals surface area contributed by atoms with Crippen LogP contribution in [0.15, 0.2) is 48.5 Å². The molecule has 0 aliphatic carbocycles. The molecule has 0 aromatic heterocycles. The fraction of sp³-hybridized carbons (Fsp3) is 0.364. The Bertz CT molecular complexity index is 758. The average Bonchev–Trinajstić information content (AvgIpc) is 2.63. The van der Waals surface area contributed by atoms with Gasteiger partial charge in [-0.25, -0.2) is 0 Å². The Balaban J connectivity index is 1.52. The highest BCUT2D eigenvalue weighted by Crippen LogP contribution is 2.24. The lowest BCUT2D eigenvalue weighted by atomic mass is 9.93. The molecule has 4 heteroatoms. The smallest absolute Gasteiger partial charge is 0.224 e. The van der Waals surface area contributed by atoms with Crippen molar-refractivity contribution >= 4 is 17.5 Å². The second-order valence-electron chi connectivity index (χ2n) is 7.15. The molecule has 2 aromatic carbocycles. The van der Waals surface area contributed by atoms with Crippen molar-refractivity contribution in [3.8, 4) is 11.1 Å². The third-order valence-corrected chi connectivity index (χ3v) is 5.09. The molecule has 1 aliphatic heterocycles. The summed E-state index contributed by atoms with van der Waals surface area (Å²) in [6.45, 7) is 5.21. The minimum Gasteiger partial charge on any atom is -0.343 e. The maximum atomic E-state index is 12.3. The van der Waals surface area contributed by atoms with E-state index in [1.165, 1.54) is 11.1 Å². The van der Waals surface area contributed by atoms with Crippen LogP contribution in [0, 0.1) is 12.8 Å². The van der Waals surface area contributed by atoms with Crippen LogP contribution in [0.25, 0.3) is 11.1 Å². The molecular weight excluding hydrogens is 324 g/mol. The predicted octanol–water partition coefficient (Wildman–Crippen LogP) is 4.25. The molecule has 0 unspecified atom stereocenters. The van der Waals surface area contributed by atoms with E-state index in [1.807, 2.05) is 29.2 Å². The minimum absolute atomic E-state index is 0.0503. The van der Waals surface area contributed by atoms with Crippen molar-refractivity contribution in [1.82, 2.24) is 4.90 Å². The minimum atomic E-state index is 0.0503. The van der Waals surface area contributed by atoms with E-state index < -0.39 is 0 Å². The molecule has 0 saturated carbocycles. The van der Waals surface area contributed by atoms with Gasteiger partial charge < -0.3 is 10.2 Å². The van der Waals surface area contributed by atoms with Gasteiger partial charge in [0.05, 0.1) is 0 Å². The summed E-state index contributed by atoms with van der Waals surface area (Å²) in [7, 11) is 0. The van der Waals surface area contributed by atoms with E-state index in [1.54, 1.807) is 6.92 Å². The SMILES string of the molecule is CC(=O)N1CCC(CC(=O)Nc2ccc(-c3ccc(C)cc3)cc2)CC1. The number of carbonyl (C=O) groups excluding carboxylic acids is 2. The largest absolute Gasteiger partial charge is 0.343 e. The third kappa shape index (κ3) is 4.72. The molecule has 0 bridgehead atoms. The quantitative estimate of drug-likeness (QED) is 0.896. The van der Waals surface area contributed by atoms with Crippen molar-refractivity contribution in [2.45, 2.75) is 33.1 Å². The first-order valence-corrected chi connectivity index (χ1v) is 9.24. The van der Waals surface area contributed by atoms with Gasteiger partial charge in [0.15, 0.2) is 0 Å². The Hall–Kier alpha value is -2.62. The molecule has 0 radical (unpaired) electrons. The number of hydrogen-bond acceptors (Lipinski definition) is 2. The zero-order chi connectivity index (χ0) is 18.5. The summed E-state index contributed by atoms with van der Waals surface area (Å²) in [6, 6.07) is 16.4. The lowest BCUT2D eigenvalue weighted by Crippen LogP contribution is -2.37. The number of nitrogens with one attached hydrogen (secondary N) is 1. The first-order chi connectivity index (χ1) is 12.5. The van der Waals surface area contributed by atoms with Crippen LogP contribution in [0.4, 0.5) is 5.69 Å². The molecule has 1 saturated heterocycles. The highest BCUT2D eigenvalue weighted by molar-refractivity contribution is 5.91. The summed E-state index contributed by atoms with van der Waals surface area (Å²) in [5.74, 6) is 0.536. The summed E-state index contributed by atoms with van der Waals surface area (Å²) in [4.78, 5) is 25.5. The zero-order valence-corrected chi connectivity index (χ0v) is 15.5. The second kappa shape index (κ2) is 8.17. The molecule has 0 spiro atoms. The highest BCUT2D eigenvalue weighted by atomic mass is 16.2. The molecule has 1 aliphatic rings. The number of aryl methyl sites for hydroxylation is 1. The normalized spacial score (nSPS) is 14.9. The standard InChI is InChI=1S/C22H26N2O2/c1-16-3-5-19(6-4-16)20-7-9-21(10-8-20)23-22(26)15-18-11-13-24(14-12-18)17(2)25/h3-10,18H,11-15H2,1-2H3,(H,23,26). The van der Waals surface area contributed by atoms with Gasteiger partial charge in [0, 0.05) is 32.1 Å². The molecule has 0 atom stereocenters. The van der Waals surface area contributed by atoms with Gasteiger partial charge in [0.25, 0.3) is 0 Å². The number of likely N-dealkylation sites (tertiary alicyclic amines) is 1. The van der Waals surface area contributed by atoms with E-state index in [0.717, 1.165) is 37.2 Å². The van der Waals surface area contributed by atoms with Gasteiger partial charge in [0.1, 0.15) is 0 Å². The topological polar surface area (TPSA) is 49.4 Å². The van der Waals surface area contributed by atoms with E-state index >= 15 is 0 Å². The molecule has 1 N–H and O–H groups in total. The van der Waals surface area contributed by atoms with Crippen LogP contribution in [0.5, 0.6) is 0 Å². The van der Waals surface area contributed by atoms with Crippen LogP contribution in [0.2, 0.25) is 0 Å². The van der Waals surface area contributed by atoms with Gasteiger partial charge in [0.2, 0.25) is 11.8 Å². The maximum absolute atomic E-state index is 12.3.